The summed E-state index contributed by atoms with van der Waals surface area (Å²) in [6, 6.07) is 5.62. The molecule has 114 valence electrons. The second kappa shape index (κ2) is 5.75. The van der Waals surface area contributed by atoms with E-state index in [0.29, 0.717) is 10.2 Å². The molecule has 2 rings (SSSR count). The number of halogens is 4. The Kier molecular flexibility index (Phi) is 4.37. The molecule has 0 saturated heterocycles. The van der Waals surface area contributed by atoms with Crippen LogP contribution in [-0.4, -0.2) is 0 Å². The second-order valence-corrected chi connectivity index (χ2v) is 5.84. The van der Waals surface area contributed by atoms with E-state index < -0.39 is 11.7 Å². The average Bonchev–Trinajstić information content (AvgIpc) is 2.69. The Labute approximate surface area is 129 Å². The molecule has 0 amide bonds. The molecule has 1 N–H and O–H groups in total. The van der Waals surface area contributed by atoms with Gasteiger partial charge in [0.15, 0.2) is 0 Å². The van der Waals surface area contributed by atoms with Gasteiger partial charge in [-0.1, -0.05) is 15.9 Å². The van der Waals surface area contributed by atoms with Crippen molar-refractivity contribution in [2.75, 3.05) is 5.32 Å². The van der Waals surface area contributed by atoms with Crippen LogP contribution in [0.2, 0.25) is 0 Å². The van der Waals surface area contributed by atoms with E-state index in [9.17, 15) is 13.2 Å². The Balaban J connectivity index is 2.33. The first kappa shape index (κ1) is 15.9. The molecule has 0 aliphatic heterocycles. The molecule has 2 aromatic rings. The highest BCUT2D eigenvalue weighted by Gasteiger charge is 2.34. The van der Waals surface area contributed by atoms with Crippen LogP contribution in [0.5, 0.6) is 0 Å². The molecule has 1 atom stereocenters. The molecular weight excluding hydrogens is 347 g/mol. The highest BCUT2D eigenvalue weighted by Crippen LogP contribution is 2.38. The molecule has 1 unspecified atom stereocenters. The van der Waals surface area contributed by atoms with Crippen LogP contribution in [0.3, 0.4) is 0 Å². The predicted molar refractivity (Wildman–Crippen MR) is 79.4 cm³/mol. The number of hydrogen-bond donors (Lipinski definition) is 1. The number of hydrogen-bond acceptors (Lipinski definition) is 2. The van der Waals surface area contributed by atoms with Crippen molar-refractivity contribution in [1.82, 2.24) is 0 Å². The maximum atomic E-state index is 13.1. The Morgan fingerprint density at radius 2 is 1.86 bits per heavy atom. The van der Waals surface area contributed by atoms with E-state index in [2.05, 4.69) is 21.2 Å². The molecule has 0 aliphatic rings. The summed E-state index contributed by atoms with van der Waals surface area (Å²) in [4.78, 5) is 0. The highest BCUT2D eigenvalue weighted by atomic mass is 79.9. The molecule has 1 aromatic carbocycles. The fourth-order valence-electron chi connectivity index (χ4n) is 2.27. The second-order valence-electron chi connectivity index (χ2n) is 4.92. The summed E-state index contributed by atoms with van der Waals surface area (Å²) < 4.78 is 45.1. The van der Waals surface area contributed by atoms with Gasteiger partial charge in [0.2, 0.25) is 0 Å². The van der Waals surface area contributed by atoms with Crippen LogP contribution in [0, 0.1) is 13.8 Å². The molecule has 1 heterocycles. The lowest BCUT2D eigenvalue weighted by Crippen LogP contribution is -2.13. The quantitative estimate of drug-likeness (QED) is 0.741. The molecule has 6 heteroatoms. The number of alkyl halides is 3. The normalized spacial score (nSPS) is 13.3. The molecule has 0 fully saturated rings. The Hall–Kier alpha value is -1.43. The van der Waals surface area contributed by atoms with E-state index >= 15 is 0 Å². The van der Waals surface area contributed by atoms with E-state index in [4.69, 9.17) is 4.42 Å². The summed E-state index contributed by atoms with van der Waals surface area (Å²) in [6.07, 6.45) is -4.41. The average molecular weight is 362 g/mol. The first-order chi connectivity index (χ1) is 9.68. The van der Waals surface area contributed by atoms with Gasteiger partial charge in [-0.25, -0.2) is 0 Å². The molecule has 1 aromatic heterocycles. The zero-order valence-corrected chi connectivity index (χ0v) is 13.4. The fourth-order valence-corrected chi connectivity index (χ4v) is 2.63. The minimum atomic E-state index is -4.41. The molecular formula is C15H15BrF3NO. The zero-order valence-electron chi connectivity index (χ0n) is 11.8. The van der Waals surface area contributed by atoms with Gasteiger partial charge in [0.05, 0.1) is 11.6 Å². The standard InChI is InChI=1S/C15H15BrF3NO/c1-8-6-12(10(3)21-8)9(2)20-14-5-4-11(16)7-13(14)15(17,18)19/h4-7,9,20H,1-3H3. The summed E-state index contributed by atoms with van der Waals surface area (Å²) in [5.74, 6) is 1.45. The third kappa shape index (κ3) is 3.61. The highest BCUT2D eigenvalue weighted by molar-refractivity contribution is 9.10. The van der Waals surface area contributed by atoms with Gasteiger partial charge in [-0.2, -0.15) is 13.2 Å². The Bertz CT molecular complexity index is 649. The number of furan rings is 1. The third-order valence-electron chi connectivity index (χ3n) is 3.20. The van der Waals surface area contributed by atoms with Crippen molar-refractivity contribution in [3.63, 3.8) is 0 Å². The van der Waals surface area contributed by atoms with Crippen molar-refractivity contribution < 1.29 is 17.6 Å². The number of benzene rings is 1. The zero-order chi connectivity index (χ0) is 15.8. The van der Waals surface area contributed by atoms with Gasteiger partial charge in [-0.05, 0) is 45.0 Å². The SMILES string of the molecule is Cc1cc(C(C)Nc2ccc(Br)cc2C(F)(F)F)c(C)o1. The maximum Gasteiger partial charge on any atom is 0.418 e. The lowest BCUT2D eigenvalue weighted by atomic mass is 10.1. The lowest BCUT2D eigenvalue weighted by molar-refractivity contribution is -0.137. The maximum absolute atomic E-state index is 13.1. The van der Waals surface area contributed by atoms with Crippen LogP contribution in [0.1, 0.15) is 35.6 Å². The van der Waals surface area contributed by atoms with Crippen LogP contribution in [0.4, 0.5) is 18.9 Å². The summed E-state index contributed by atoms with van der Waals surface area (Å²) in [5, 5.41) is 2.91. The summed E-state index contributed by atoms with van der Waals surface area (Å²) in [6.45, 7) is 5.41. The van der Waals surface area contributed by atoms with E-state index in [1.807, 2.05) is 13.0 Å². The first-order valence-corrected chi connectivity index (χ1v) is 7.18. The minimum Gasteiger partial charge on any atom is -0.466 e. The molecule has 0 spiro atoms. The third-order valence-corrected chi connectivity index (χ3v) is 3.70. The molecule has 21 heavy (non-hydrogen) atoms. The van der Waals surface area contributed by atoms with E-state index in [1.54, 1.807) is 19.9 Å². The van der Waals surface area contributed by atoms with Gasteiger partial charge in [-0.3, -0.25) is 0 Å². The van der Waals surface area contributed by atoms with Gasteiger partial charge in [0.25, 0.3) is 0 Å². The number of nitrogens with one attached hydrogen (secondary N) is 1. The van der Waals surface area contributed by atoms with Crippen molar-refractivity contribution >= 4 is 21.6 Å². The number of anilines is 1. The van der Waals surface area contributed by atoms with Gasteiger partial charge >= 0.3 is 6.18 Å². The van der Waals surface area contributed by atoms with Crippen LogP contribution in [0.25, 0.3) is 0 Å². The topological polar surface area (TPSA) is 25.2 Å². The smallest absolute Gasteiger partial charge is 0.418 e. The van der Waals surface area contributed by atoms with Crippen molar-refractivity contribution in [1.29, 1.82) is 0 Å². The van der Waals surface area contributed by atoms with Gasteiger partial charge < -0.3 is 9.73 Å². The summed E-state index contributed by atoms with van der Waals surface area (Å²) >= 11 is 3.07. The van der Waals surface area contributed by atoms with Crippen LogP contribution >= 0.6 is 15.9 Å². The van der Waals surface area contributed by atoms with Gasteiger partial charge in [0, 0.05) is 15.7 Å². The first-order valence-electron chi connectivity index (χ1n) is 6.38. The largest absolute Gasteiger partial charge is 0.466 e. The Morgan fingerprint density at radius 1 is 1.19 bits per heavy atom. The minimum absolute atomic E-state index is 0.0523. The van der Waals surface area contributed by atoms with Gasteiger partial charge in [-0.15, -0.1) is 0 Å². The van der Waals surface area contributed by atoms with Crippen LogP contribution < -0.4 is 5.32 Å². The van der Waals surface area contributed by atoms with E-state index in [0.717, 1.165) is 17.4 Å². The number of rotatable bonds is 3. The molecule has 0 radical (unpaired) electrons. The predicted octanol–water partition coefficient (Wildman–Crippen LogP) is 5.85. The monoisotopic (exact) mass is 361 g/mol. The van der Waals surface area contributed by atoms with Crippen molar-refractivity contribution in [3.05, 3.63) is 51.4 Å². The molecule has 0 aliphatic carbocycles. The van der Waals surface area contributed by atoms with E-state index in [1.165, 1.54) is 6.07 Å². The van der Waals surface area contributed by atoms with Gasteiger partial charge in [0.1, 0.15) is 11.5 Å². The molecule has 0 bridgehead atoms. The molecule has 0 saturated carbocycles. The summed E-state index contributed by atoms with van der Waals surface area (Å²) in [7, 11) is 0. The van der Waals surface area contributed by atoms with Crippen molar-refractivity contribution in [2.24, 2.45) is 0 Å². The van der Waals surface area contributed by atoms with Crippen molar-refractivity contribution in [2.45, 2.75) is 33.0 Å². The van der Waals surface area contributed by atoms with Crippen molar-refractivity contribution in [3.8, 4) is 0 Å². The lowest BCUT2D eigenvalue weighted by Gasteiger charge is -2.19. The van der Waals surface area contributed by atoms with E-state index in [-0.39, 0.29) is 11.7 Å². The van der Waals surface area contributed by atoms with Crippen LogP contribution in [0.15, 0.2) is 33.2 Å². The van der Waals surface area contributed by atoms with Crippen LogP contribution in [-0.2, 0) is 6.18 Å². The Morgan fingerprint density at radius 3 is 2.38 bits per heavy atom. The summed E-state index contributed by atoms with van der Waals surface area (Å²) in [5.41, 5.74) is 0.210. The number of aryl methyl sites for hydroxylation is 2. The fraction of sp³-hybridized carbons (Fsp3) is 0.333. The molecule has 2 nitrogen and oxygen atoms in total.